The SMILES string of the molecule is Nc1ncc(-c2ccc(CCNC(=O)[C@H](CCCCNC(=O)COc3cccc4c3C(=O)N(C3CCC(=O)NC3=O)C4=O)NC(=O)CCCCCNC(=O)C3CCC(CN4C(=O)C=CC4=O)CC3)cc2)nc1C(=O)Nc1cnccc1N1CCOCC1. The summed E-state index contributed by atoms with van der Waals surface area (Å²) in [6.45, 7) is 3.16. The minimum atomic E-state index is -1.17. The number of aromatic nitrogens is 3. The van der Waals surface area contributed by atoms with E-state index in [1.807, 2.05) is 30.3 Å². The molecule has 2 atom stereocenters. The third-order valence-corrected chi connectivity index (χ3v) is 16.0. The maximum absolute atomic E-state index is 13.8. The number of nitrogens with two attached hydrogens (primary N) is 1. The number of rotatable bonds is 27. The number of fused-ring (bicyclic) bond motifs is 1. The molecule has 2 aromatic carbocycles. The number of nitrogens with zero attached hydrogens (tertiary/aromatic N) is 6. The van der Waals surface area contributed by atoms with Crippen LogP contribution in [-0.4, -0.2) is 161 Å². The fourth-order valence-electron chi connectivity index (χ4n) is 11.2. The van der Waals surface area contributed by atoms with Crippen molar-refractivity contribution in [2.24, 2.45) is 11.8 Å². The van der Waals surface area contributed by atoms with Crippen molar-refractivity contribution in [3.63, 3.8) is 0 Å². The molecule has 26 heteroatoms. The summed E-state index contributed by atoms with van der Waals surface area (Å²) in [5.74, 6) is -5.19. The molecule has 87 heavy (non-hydrogen) atoms. The highest BCUT2D eigenvalue weighted by molar-refractivity contribution is 6.24. The summed E-state index contributed by atoms with van der Waals surface area (Å²) in [5, 5.41) is 16.6. The van der Waals surface area contributed by atoms with E-state index >= 15 is 0 Å². The number of unbranched alkanes of at least 4 members (excludes halogenated alkanes) is 3. The maximum Gasteiger partial charge on any atom is 0.278 e. The molecule has 4 aliphatic heterocycles. The van der Waals surface area contributed by atoms with Crippen LogP contribution in [0.4, 0.5) is 17.2 Å². The van der Waals surface area contributed by atoms with Gasteiger partial charge in [0.2, 0.25) is 29.5 Å². The average Bonchev–Trinajstić information content (AvgIpc) is 1.80. The van der Waals surface area contributed by atoms with E-state index in [-0.39, 0.29) is 103 Å². The summed E-state index contributed by atoms with van der Waals surface area (Å²) in [5.41, 5.74) is 9.28. The number of carbonyl (C=O) groups is 11. The fourth-order valence-corrected chi connectivity index (χ4v) is 11.2. The summed E-state index contributed by atoms with van der Waals surface area (Å²) in [7, 11) is 0. The normalized spacial score (nSPS) is 18.7. The van der Waals surface area contributed by atoms with Crippen LogP contribution in [0.2, 0.25) is 0 Å². The van der Waals surface area contributed by atoms with Crippen molar-refractivity contribution in [1.82, 2.24) is 51.3 Å². The summed E-state index contributed by atoms with van der Waals surface area (Å²) < 4.78 is 11.2. The van der Waals surface area contributed by atoms with Crippen LogP contribution in [0.3, 0.4) is 0 Å². The standard InChI is InChI=1S/C61H71N13O13/c62-55-54(59(83)70-44-33-63-27-24-45(44)72-29-31-86-32-30-72)69-43(34-67-55)39-15-11-37(12-16-39)23-28-66-57(81)42(68-48(75)10-2-1-4-26-65-56(80)40-17-13-38(14-18-40)35-73-51(78)21-22-52(73)79)8-3-5-25-64-50(77)36-87-47-9-6-7-41-53(47)61(85)74(60(41)84)46-19-20-49(76)71-58(46)82/h6-7,9,11-12,15-16,21-22,24,27,33-34,38,40,42,46H,1-5,8,10,13-14,17-20,23,25-26,28-32,35-36H2,(H2,62,67)(H,64,77)(H,65,80)(H,66,81)(H,68,75)(H,70,83)(H,71,76,82)/t38?,40?,42-,46?/m0/s1. The van der Waals surface area contributed by atoms with Crippen LogP contribution in [0, 0.1) is 11.8 Å². The first-order valence-electron chi connectivity index (χ1n) is 29.5. The molecule has 3 fully saturated rings. The van der Waals surface area contributed by atoms with E-state index in [1.54, 1.807) is 12.4 Å². The van der Waals surface area contributed by atoms with Gasteiger partial charge in [-0.2, -0.15) is 0 Å². The summed E-state index contributed by atoms with van der Waals surface area (Å²) in [6.07, 6.45) is 13.5. The van der Waals surface area contributed by atoms with Crippen LogP contribution >= 0.6 is 0 Å². The van der Waals surface area contributed by atoms with Crippen LogP contribution in [0.15, 0.2) is 79.3 Å². The molecule has 2 saturated heterocycles. The predicted octanol–water partition coefficient (Wildman–Crippen LogP) is 2.53. The minimum Gasteiger partial charge on any atom is -0.483 e. The van der Waals surface area contributed by atoms with Gasteiger partial charge in [-0.3, -0.25) is 72.8 Å². The predicted molar refractivity (Wildman–Crippen MR) is 314 cm³/mol. The molecule has 9 rings (SSSR count). The molecule has 1 saturated carbocycles. The Morgan fingerprint density at radius 3 is 2.29 bits per heavy atom. The number of imide groups is 3. The summed E-state index contributed by atoms with van der Waals surface area (Å²) >= 11 is 0. The highest BCUT2D eigenvalue weighted by Crippen LogP contribution is 2.35. The number of nitrogens with one attached hydrogen (secondary N) is 6. The Morgan fingerprint density at radius 2 is 1.53 bits per heavy atom. The fraction of sp³-hybridized carbons (Fsp3) is 0.443. The molecule has 6 heterocycles. The van der Waals surface area contributed by atoms with Crippen LogP contribution in [0.25, 0.3) is 11.3 Å². The van der Waals surface area contributed by atoms with E-state index in [2.05, 4.69) is 51.8 Å². The number of ether oxygens (including phenoxy) is 2. The van der Waals surface area contributed by atoms with E-state index in [0.717, 1.165) is 29.0 Å². The van der Waals surface area contributed by atoms with Gasteiger partial charge < -0.3 is 46.7 Å². The number of hydrogen-bond acceptors (Lipinski definition) is 18. The Labute approximate surface area is 501 Å². The van der Waals surface area contributed by atoms with E-state index in [9.17, 15) is 52.7 Å². The van der Waals surface area contributed by atoms with Gasteiger partial charge in [0.25, 0.3) is 35.4 Å². The van der Waals surface area contributed by atoms with Crippen LogP contribution < -0.4 is 47.3 Å². The third kappa shape index (κ3) is 16.1. The van der Waals surface area contributed by atoms with Gasteiger partial charge in [-0.15, -0.1) is 0 Å². The molecule has 0 spiro atoms. The highest BCUT2D eigenvalue weighted by Gasteiger charge is 2.46. The van der Waals surface area contributed by atoms with Crippen molar-refractivity contribution in [3.05, 3.63) is 102 Å². The number of nitrogen functional groups attached to an aromatic ring is 1. The molecule has 1 aliphatic carbocycles. The van der Waals surface area contributed by atoms with E-state index in [0.29, 0.717) is 108 Å². The second-order valence-electron chi connectivity index (χ2n) is 22.0. The zero-order chi connectivity index (χ0) is 61.4. The third-order valence-electron chi connectivity index (χ3n) is 16.0. The lowest BCUT2D eigenvalue weighted by Gasteiger charge is -2.30. The first-order chi connectivity index (χ1) is 42.1. The molecule has 26 nitrogen and oxygen atoms in total. The average molecular weight is 1190 g/mol. The van der Waals surface area contributed by atoms with E-state index in [1.165, 1.54) is 41.4 Å². The number of benzene rings is 2. The largest absolute Gasteiger partial charge is 0.483 e. The lowest BCUT2D eigenvalue weighted by atomic mass is 9.81. The number of amides is 11. The molecular formula is C61H71N13O13. The molecule has 1 unspecified atom stereocenters. The molecule has 0 radical (unpaired) electrons. The van der Waals surface area contributed by atoms with Gasteiger partial charge in [0.05, 0.1) is 53.8 Å². The van der Waals surface area contributed by atoms with Crippen LogP contribution in [0.5, 0.6) is 5.75 Å². The monoisotopic (exact) mass is 1190 g/mol. The molecule has 4 aromatic rings. The van der Waals surface area contributed by atoms with Gasteiger partial charge in [0.15, 0.2) is 18.1 Å². The molecule has 5 aliphatic rings. The van der Waals surface area contributed by atoms with Gasteiger partial charge in [0.1, 0.15) is 17.8 Å². The minimum absolute atomic E-state index is 0.00812. The summed E-state index contributed by atoms with van der Waals surface area (Å²) in [6, 6.07) is 11.5. The second kappa shape index (κ2) is 29.6. The quantitative estimate of drug-likeness (QED) is 0.0333. The lowest BCUT2D eigenvalue weighted by molar-refractivity contribution is -0.138. The Hall–Kier alpha value is -9.46. The number of hydrogen-bond donors (Lipinski definition) is 7. The van der Waals surface area contributed by atoms with Crippen molar-refractivity contribution in [2.45, 2.75) is 102 Å². The van der Waals surface area contributed by atoms with Gasteiger partial charge in [0, 0.05) is 81.9 Å². The Kier molecular flexibility index (Phi) is 21.1. The maximum atomic E-state index is 13.8. The molecular weight excluding hydrogens is 1120 g/mol. The highest BCUT2D eigenvalue weighted by atomic mass is 16.5. The smallest absolute Gasteiger partial charge is 0.278 e. The summed E-state index contributed by atoms with van der Waals surface area (Å²) in [4.78, 5) is 159. The zero-order valence-corrected chi connectivity index (χ0v) is 48.1. The van der Waals surface area contributed by atoms with E-state index in [4.69, 9.17) is 15.2 Å². The van der Waals surface area contributed by atoms with Crippen LogP contribution in [-0.2, 0) is 49.5 Å². The number of pyridine rings is 1. The first-order valence-corrected chi connectivity index (χ1v) is 29.5. The van der Waals surface area contributed by atoms with Crippen molar-refractivity contribution in [1.29, 1.82) is 0 Å². The van der Waals surface area contributed by atoms with Crippen molar-refractivity contribution >= 4 is 82.2 Å². The van der Waals surface area contributed by atoms with Crippen molar-refractivity contribution in [2.75, 3.05) is 75.0 Å². The lowest BCUT2D eigenvalue weighted by Crippen LogP contribution is -2.54. The molecule has 8 N–H and O–H groups in total. The molecule has 2 aromatic heterocycles. The van der Waals surface area contributed by atoms with E-state index < -0.39 is 60.0 Å². The number of morpholine rings is 1. The first kappa shape index (κ1) is 62.1. The Balaban J connectivity index is 0.734. The van der Waals surface area contributed by atoms with Crippen molar-refractivity contribution < 1.29 is 62.2 Å². The number of carbonyl (C=O) groups excluding carboxylic acids is 11. The molecule has 11 amide bonds. The molecule has 458 valence electrons. The van der Waals surface area contributed by atoms with Gasteiger partial charge >= 0.3 is 0 Å². The zero-order valence-electron chi connectivity index (χ0n) is 48.1. The van der Waals surface area contributed by atoms with Gasteiger partial charge in [-0.05, 0) is 100 Å². The van der Waals surface area contributed by atoms with Crippen LogP contribution in [0.1, 0.15) is 120 Å². The van der Waals surface area contributed by atoms with Gasteiger partial charge in [-0.25, -0.2) is 9.97 Å². The van der Waals surface area contributed by atoms with Crippen molar-refractivity contribution in [3.8, 4) is 17.0 Å². The number of anilines is 3. The Morgan fingerprint density at radius 1 is 0.782 bits per heavy atom. The number of piperidine rings is 1. The topological polar surface area (TPSA) is 353 Å². The molecule has 0 bridgehead atoms. The van der Waals surface area contributed by atoms with Gasteiger partial charge in [-0.1, -0.05) is 36.8 Å². The second-order valence-corrected chi connectivity index (χ2v) is 22.0. The Bertz CT molecular complexity index is 3290.